The predicted octanol–water partition coefficient (Wildman–Crippen LogP) is 4.79. The highest BCUT2D eigenvalue weighted by Gasteiger charge is 2.29. The van der Waals surface area contributed by atoms with Crippen LogP contribution in [0.3, 0.4) is 0 Å². The smallest absolute Gasteiger partial charge is 0.0996 e. The van der Waals surface area contributed by atoms with E-state index in [4.69, 9.17) is 4.98 Å². The first-order chi connectivity index (χ1) is 12.9. The fourth-order valence-electron chi connectivity index (χ4n) is 3.92. The Labute approximate surface area is 156 Å². The van der Waals surface area contributed by atoms with E-state index in [1.165, 1.54) is 29.6 Å². The molecule has 130 valence electrons. The molecule has 1 aliphatic heterocycles. The first-order valence-corrected chi connectivity index (χ1v) is 9.95. The first-order valence-electron chi connectivity index (χ1n) is 9.00. The molecule has 26 heavy (non-hydrogen) atoms. The molecule has 1 atom stereocenters. The molecule has 5 heterocycles. The number of aromatic nitrogens is 3. The summed E-state index contributed by atoms with van der Waals surface area (Å²) in [5.41, 5.74) is 6.11. The molecule has 1 fully saturated rings. The Hall–Kier alpha value is -2.50. The van der Waals surface area contributed by atoms with Gasteiger partial charge in [-0.15, -0.1) is 0 Å². The van der Waals surface area contributed by atoms with Crippen LogP contribution >= 0.6 is 11.3 Å². The maximum atomic E-state index is 4.80. The molecule has 0 aromatic carbocycles. The van der Waals surface area contributed by atoms with E-state index < -0.39 is 0 Å². The topological polar surface area (TPSA) is 33.4 Å². The van der Waals surface area contributed by atoms with E-state index in [1.54, 1.807) is 17.5 Å². The highest BCUT2D eigenvalue weighted by atomic mass is 32.1. The molecule has 1 saturated heterocycles. The van der Waals surface area contributed by atoms with Crippen LogP contribution in [-0.2, 0) is 6.54 Å². The summed E-state index contributed by atoms with van der Waals surface area (Å²) in [5, 5.41) is 4.41. The Balaban J connectivity index is 1.47. The second-order valence-electron chi connectivity index (χ2n) is 6.84. The number of nitrogens with zero attached hydrogens (tertiary/aromatic N) is 4. The summed E-state index contributed by atoms with van der Waals surface area (Å²) in [6.45, 7) is 2.16. The Bertz CT molecular complexity index is 1010. The lowest BCUT2D eigenvalue weighted by Crippen LogP contribution is -2.22. The fraction of sp³-hybridized carbons (Fsp3) is 0.238. The van der Waals surface area contributed by atoms with Crippen molar-refractivity contribution < 1.29 is 0 Å². The minimum Gasteiger partial charge on any atom is -0.305 e. The molecule has 4 aromatic heterocycles. The molecular weight excluding hydrogens is 340 g/mol. The molecule has 4 nitrogen and oxygen atoms in total. The van der Waals surface area contributed by atoms with Crippen LogP contribution in [0, 0.1) is 0 Å². The van der Waals surface area contributed by atoms with Gasteiger partial charge in [-0.05, 0) is 59.5 Å². The summed E-state index contributed by atoms with van der Waals surface area (Å²) >= 11 is 1.77. The zero-order valence-electron chi connectivity index (χ0n) is 14.5. The van der Waals surface area contributed by atoms with Crippen LogP contribution in [0.2, 0.25) is 0 Å². The zero-order chi connectivity index (χ0) is 17.3. The van der Waals surface area contributed by atoms with Crippen molar-refractivity contribution in [1.29, 1.82) is 0 Å². The third kappa shape index (κ3) is 2.83. The largest absolute Gasteiger partial charge is 0.305 e. The van der Waals surface area contributed by atoms with Crippen molar-refractivity contribution in [3.63, 3.8) is 0 Å². The van der Waals surface area contributed by atoms with E-state index in [-0.39, 0.29) is 0 Å². The van der Waals surface area contributed by atoms with Gasteiger partial charge in [0.2, 0.25) is 0 Å². The van der Waals surface area contributed by atoms with E-state index in [0.29, 0.717) is 6.04 Å². The molecule has 0 saturated carbocycles. The van der Waals surface area contributed by atoms with Crippen LogP contribution in [0.4, 0.5) is 0 Å². The summed E-state index contributed by atoms with van der Waals surface area (Å²) in [6, 6.07) is 11.1. The van der Waals surface area contributed by atoms with Crippen molar-refractivity contribution in [3.8, 4) is 11.1 Å². The molecule has 0 radical (unpaired) electrons. The van der Waals surface area contributed by atoms with Gasteiger partial charge < -0.3 is 4.40 Å². The Morgan fingerprint density at radius 2 is 2.15 bits per heavy atom. The first kappa shape index (κ1) is 15.7. The van der Waals surface area contributed by atoms with Crippen molar-refractivity contribution in [2.24, 2.45) is 0 Å². The number of likely N-dealkylation sites (tertiary alicyclic amines) is 1. The summed E-state index contributed by atoms with van der Waals surface area (Å²) < 4.78 is 2.15. The van der Waals surface area contributed by atoms with E-state index in [1.807, 2.05) is 18.6 Å². The molecule has 0 unspecified atom stereocenters. The van der Waals surface area contributed by atoms with Crippen LogP contribution < -0.4 is 0 Å². The van der Waals surface area contributed by atoms with Crippen LogP contribution in [0.5, 0.6) is 0 Å². The monoisotopic (exact) mass is 360 g/mol. The van der Waals surface area contributed by atoms with Gasteiger partial charge in [-0.25, -0.2) is 4.98 Å². The summed E-state index contributed by atoms with van der Waals surface area (Å²) in [7, 11) is 0. The summed E-state index contributed by atoms with van der Waals surface area (Å²) in [5.74, 6) is 0. The maximum Gasteiger partial charge on any atom is 0.0996 e. The molecule has 0 aliphatic carbocycles. The third-order valence-electron chi connectivity index (χ3n) is 5.20. The highest BCUT2D eigenvalue weighted by molar-refractivity contribution is 7.07. The molecule has 5 heteroatoms. The average Bonchev–Trinajstić information content (AvgIpc) is 3.43. The van der Waals surface area contributed by atoms with E-state index in [9.17, 15) is 0 Å². The lowest BCUT2D eigenvalue weighted by Gasteiger charge is -2.23. The number of rotatable bonds is 4. The standard InChI is InChI=1S/C21H20N4S/c1-3-17(11-22-8-1)18-5-6-20-21(23-15-25(20)13-18)19-4-2-9-24(19)12-16-7-10-26-14-16/h1,3,5-8,10-11,13-15,19H,2,4,9,12H2/t19-/m0/s1. The molecule has 5 rings (SSSR count). The summed E-state index contributed by atoms with van der Waals surface area (Å²) in [4.78, 5) is 11.6. The molecular formula is C21H20N4S. The van der Waals surface area contributed by atoms with Gasteiger partial charge in [0.15, 0.2) is 0 Å². The van der Waals surface area contributed by atoms with Crippen molar-refractivity contribution in [3.05, 3.63) is 77.3 Å². The Morgan fingerprint density at radius 1 is 1.15 bits per heavy atom. The van der Waals surface area contributed by atoms with Crippen LogP contribution in [-0.4, -0.2) is 25.8 Å². The zero-order valence-corrected chi connectivity index (χ0v) is 15.3. The quantitative estimate of drug-likeness (QED) is 0.524. The minimum atomic E-state index is 0.407. The van der Waals surface area contributed by atoms with Crippen molar-refractivity contribution in [2.45, 2.75) is 25.4 Å². The molecule has 0 amide bonds. The number of pyridine rings is 2. The predicted molar refractivity (Wildman–Crippen MR) is 105 cm³/mol. The average molecular weight is 360 g/mol. The second-order valence-corrected chi connectivity index (χ2v) is 7.62. The van der Waals surface area contributed by atoms with Gasteiger partial charge in [-0.1, -0.05) is 12.1 Å². The molecule has 0 spiro atoms. The van der Waals surface area contributed by atoms with Gasteiger partial charge in [0.25, 0.3) is 0 Å². The van der Waals surface area contributed by atoms with Gasteiger partial charge in [0, 0.05) is 30.7 Å². The van der Waals surface area contributed by atoms with Crippen LogP contribution in [0.1, 0.15) is 30.1 Å². The molecule has 4 aromatic rings. The minimum absolute atomic E-state index is 0.407. The lowest BCUT2D eigenvalue weighted by atomic mass is 10.1. The van der Waals surface area contributed by atoms with Gasteiger partial charge >= 0.3 is 0 Å². The van der Waals surface area contributed by atoms with Crippen molar-refractivity contribution in [1.82, 2.24) is 19.3 Å². The van der Waals surface area contributed by atoms with E-state index >= 15 is 0 Å². The number of imidazole rings is 1. The van der Waals surface area contributed by atoms with Crippen LogP contribution in [0.25, 0.3) is 16.6 Å². The van der Waals surface area contributed by atoms with Gasteiger partial charge in [0.05, 0.1) is 23.6 Å². The van der Waals surface area contributed by atoms with Crippen molar-refractivity contribution >= 4 is 16.9 Å². The van der Waals surface area contributed by atoms with Crippen LogP contribution in [0.15, 0.2) is 66.0 Å². The number of fused-ring (bicyclic) bond motifs is 1. The molecule has 0 N–H and O–H groups in total. The Morgan fingerprint density at radius 3 is 3.00 bits per heavy atom. The molecule has 1 aliphatic rings. The summed E-state index contributed by atoms with van der Waals surface area (Å²) in [6.07, 6.45) is 10.2. The van der Waals surface area contributed by atoms with Gasteiger partial charge in [-0.2, -0.15) is 11.3 Å². The highest BCUT2D eigenvalue weighted by Crippen LogP contribution is 2.35. The number of hydrogen-bond acceptors (Lipinski definition) is 4. The Kier molecular flexibility index (Phi) is 4.03. The number of thiophene rings is 1. The molecule has 0 bridgehead atoms. The van der Waals surface area contributed by atoms with Crippen molar-refractivity contribution in [2.75, 3.05) is 6.54 Å². The fourth-order valence-corrected chi connectivity index (χ4v) is 4.58. The van der Waals surface area contributed by atoms with Gasteiger partial charge in [-0.3, -0.25) is 9.88 Å². The van der Waals surface area contributed by atoms with E-state index in [2.05, 4.69) is 55.5 Å². The van der Waals surface area contributed by atoms with E-state index in [0.717, 1.165) is 24.2 Å². The lowest BCUT2D eigenvalue weighted by molar-refractivity contribution is 0.246. The SMILES string of the molecule is c1cncc(-c2ccc3c([C@@H]4CCCN4Cc4ccsc4)ncn3c2)c1. The number of hydrogen-bond donors (Lipinski definition) is 0. The normalized spacial score (nSPS) is 17.9. The maximum absolute atomic E-state index is 4.80. The third-order valence-corrected chi connectivity index (χ3v) is 5.93. The second kappa shape index (κ2) is 6.67. The van der Waals surface area contributed by atoms with Gasteiger partial charge in [0.1, 0.15) is 0 Å².